The van der Waals surface area contributed by atoms with Gasteiger partial charge in [-0.15, -0.1) is 0 Å². The van der Waals surface area contributed by atoms with Crippen molar-refractivity contribution in [3.05, 3.63) is 0 Å². The van der Waals surface area contributed by atoms with Crippen LogP contribution in [0.4, 0.5) is 0 Å². The Morgan fingerprint density at radius 3 is 2.59 bits per heavy atom. The van der Waals surface area contributed by atoms with Gasteiger partial charge in [0.2, 0.25) is 15.9 Å². The molecule has 17 heavy (non-hydrogen) atoms. The number of hydrogen-bond acceptors (Lipinski definition) is 4. The van der Waals surface area contributed by atoms with E-state index in [1.54, 1.807) is 0 Å². The van der Waals surface area contributed by atoms with Crippen molar-refractivity contribution in [2.75, 3.05) is 18.8 Å². The SMILES string of the molecule is NCCCCS(=O)(=O)NCCC(=O)NC1CC1. The number of carbonyl (C=O) groups excluding carboxylic acids is 1. The third-order valence-corrected chi connectivity index (χ3v) is 3.95. The Hall–Kier alpha value is -0.660. The molecule has 100 valence electrons. The number of rotatable bonds is 9. The zero-order valence-corrected chi connectivity index (χ0v) is 10.8. The molecule has 0 aliphatic heterocycles. The summed E-state index contributed by atoms with van der Waals surface area (Å²) in [5.41, 5.74) is 5.28. The van der Waals surface area contributed by atoms with E-state index in [0.717, 1.165) is 12.8 Å². The fourth-order valence-electron chi connectivity index (χ4n) is 1.36. The van der Waals surface area contributed by atoms with Gasteiger partial charge in [0.15, 0.2) is 0 Å². The summed E-state index contributed by atoms with van der Waals surface area (Å²) in [4.78, 5) is 11.3. The molecule has 1 rings (SSSR count). The highest BCUT2D eigenvalue weighted by molar-refractivity contribution is 7.89. The van der Waals surface area contributed by atoms with Crippen molar-refractivity contribution in [3.8, 4) is 0 Å². The van der Waals surface area contributed by atoms with Crippen LogP contribution in [0.2, 0.25) is 0 Å². The summed E-state index contributed by atoms with van der Waals surface area (Å²) in [7, 11) is -3.25. The summed E-state index contributed by atoms with van der Waals surface area (Å²) in [6, 6.07) is 0.323. The van der Waals surface area contributed by atoms with Crippen LogP contribution in [-0.2, 0) is 14.8 Å². The molecule has 1 amide bonds. The maximum absolute atomic E-state index is 11.4. The maximum atomic E-state index is 11.4. The number of amides is 1. The molecule has 0 saturated heterocycles. The van der Waals surface area contributed by atoms with Gasteiger partial charge in [0, 0.05) is 19.0 Å². The first-order chi connectivity index (χ1) is 8.03. The molecular weight excluding hydrogens is 242 g/mol. The second-order valence-corrected chi connectivity index (χ2v) is 6.23. The van der Waals surface area contributed by atoms with E-state index in [4.69, 9.17) is 5.73 Å². The van der Waals surface area contributed by atoms with Crippen LogP contribution in [0.5, 0.6) is 0 Å². The average Bonchev–Trinajstić information content (AvgIpc) is 3.01. The molecule has 0 spiro atoms. The van der Waals surface area contributed by atoms with Gasteiger partial charge in [-0.2, -0.15) is 0 Å². The lowest BCUT2D eigenvalue weighted by atomic mass is 10.3. The van der Waals surface area contributed by atoms with Gasteiger partial charge in [0.05, 0.1) is 5.75 Å². The topological polar surface area (TPSA) is 101 Å². The van der Waals surface area contributed by atoms with E-state index in [1.165, 1.54) is 0 Å². The molecule has 0 aromatic heterocycles. The van der Waals surface area contributed by atoms with Gasteiger partial charge in [-0.05, 0) is 32.2 Å². The van der Waals surface area contributed by atoms with Crippen LogP contribution >= 0.6 is 0 Å². The van der Waals surface area contributed by atoms with Crippen molar-refractivity contribution < 1.29 is 13.2 Å². The summed E-state index contributed by atoms with van der Waals surface area (Å²) >= 11 is 0. The standard InChI is InChI=1S/C10H21N3O3S/c11-6-1-2-8-17(15,16)12-7-5-10(14)13-9-3-4-9/h9,12H,1-8,11H2,(H,13,14). The first kappa shape index (κ1) is 14.4. The minimum Gasteiger partial charge on any atom is -0.353 e. The number of sulfonamides is 1. The van der Waals surface area contributed by atoms with Gasteiger partial charge < -0.3 is 11.1 Å². The lowest BCUT2D eigenvalue weighted by molar-refractivity contribution is -0.121. The second-order valence-electron chi connectivity index (χ2n) is 4.30. The van der Waals surface area contributed by atoms with E-state index in [9.17, 15) is 13.2 Å². The van der Waals surface area contributed by atoms with Crippen molar-refractivity contribution in [2.45, 2.75) is 38.1 Å². The van der Waals surface area contributed by atoms with Crippen LogP contribution in [0, 0.1) is 0 Å². The summed E-state index contributed by atoms with van der Waals surface area (Å²) in [5.74, 6) is -0.00814. The summed E-state index contributed by atoms with van der Waals surface area (Å²) < 4.78 is 25.3. The lowest BCUT2D eigenvalue weighted by Gasteiger charge is -2.06. The smallest absolute Gasteiger partial charge is 0.221 e. The largest absolute Gasteiger partial charge is 0.353 e. The Morgan fingerprint density at radius 2 is 2.00 bits per heavy atom. The first-order valence-electron chi connectivity index (χ1n) is 6.00. The van der Waals surface area contributed by atoms with E-state index >= 15 is 0 Å². The van der Waals surface area contributed by atoms with Gasteiger partial charge in [-0.25, -0.2) is 13.1 Å². The van der Waals surface area contributed by atoms with Crippen molar-refractivity contribution in [3.63, 3.8) is 0 Å². The third-order valence-electron chi connectivity index (χ3n) is 2.48. The van der Waals surface area contributed by atoms with Crippen LogP contribution in [-0.4, -0.2) is 39.2 Å². The summed E-state index contributed by atoms with van der Waals surface area (Å²) in [6.07, 6.45) is 3.53. The van der Waals surface area contributed by atoms with E-state index in [0.29, 0.717) is 25.4 Å². The highest BCUT2D eigenvalue weighted by Crippen LogP contribution is 2.18. The zero-order chi connectivity index (χ0) is 12.7. The minimum absolute atomic E-state index is 0.0778. The quantitative estimate of drug-likeness (QED) is 0.479. The number of carbonyl (C=O) groups is 1. The molecular formula is C10H21N3O3S. The molecule has 0 aromatic rings. The van der Waals surface area contributed by atoms with Crippen LogP contribution in [0.1, 0.15) is 32.1 Å². The van der Waals surface area contributed by atoms with Crippen molar-refractivity contribution >= 4 is 15.9 Å². The van der Waals surface area contributed by atoms with E-state index in [1.807, 2.05) is 0 Å². The van der Waals surface area contributed by atoms with Gasteiger partial charge in [-0.1, -0.05) is 0 Å². The Bertz CT molecular complexity index is 339. The van der Waals surface area contributed by atoms with E-state index in [-0.39, 0.29) is 24.6 Å². The van der Waals surface area contributed by atoms with Crippen LogP contribution in [0.25, 0.3) is 0 Å². The van der Waals surface area contributed by atoms with Crippen molar-refractivity contribution in [2.24, 2.45) is 5.73 Å². The highest BCUT2D eigenvalue weighted by Gasteiger charge is 2.23. The molecule has 1 fully saturated rings. The zero-order valence-electron chi connectivity index (χ0n) is 9.94. The van der Waals surface area contributed by atoms with Crippen LogP contribution < -0.4 is 15.8 Å². The van der Waals surface area contributed by atoms with Crippen LogP contribution in [0.3, 0.4) is 0 Å². The first-order valence-corrected chi connectivity index (χ1v) is 7.65. The lowest BCUT2D eigenvalue weighted by Crippen LogP contribution is -2.32. The third kappa shape index (κ3) is 7.30. The van der Waals surface area contributed by atoms with Crippen LogP contribution in [0.15, 0.2) is 0 Å². The molecule has 7 heteroatoms. The van der Waals surface area contributed by atoms with Gasteiger partial charge in [-0.3, -0.25) is 4.79 Å². The molecule has 0 bridgehead atoms. The molecule has 6 nitrogen and oxygen atoms in total. The van der Waals surface area contributed by atoms with Crippen molar-refractivity contribution in [1.29, 1.82) is 0 Å². The number of unbranched alkanes of at least 4 members (excludes halogenated alkanes) is 1. The Labute approximate surface area is 102 Å². The van der Waals surface area contributed by atoms with Gasteiger partial charge >= 0.3 is 0 Å². The van der Waals surface area contributed by atoms with Crippen molar-refractivity contribution in [1.82, 2.24) is 10.0 Å². The molecule has 1 saturated carbocycles. The Kier molecular flexibility index (Phi) is 5.87. The fourth-order valence-corrected chi connectivity index (χ4v) is 2.50. The molecule has 1 aliphatic rings. The normalized spacial score (nSPS) is 15.8. The van der Waals surface area contributed by atoms with Gasteiger partial charge in [0.1, 0.15) is 0 Å². The fraction of sp³-hybridized carbons (Fsp3) is 0.900. The molecule has 0 heterocycles. The summed E-state index contributed by atoms with van der Waals surface area (Å²) in [5, 5.41) is 2.80. The second kappa shape index (κ2) is 6.93. The number of nitrogens with two attached hydrogens (primary N) is 1. The van der Waals surface area contributed by atoms with Gasteiger partial charge in [0.25, 0.3) is 0 Å². The predicted molar refractivity (Wildman–Crippen MR) is 65.9 cm³/mol. The molecule has 0 radical (unpaired) electrons. The average molecular weight is 263 g/mol. The molecule has 0 unspecified atom stereocenters. The highest BCUT2D eigenvalue weighted by atomic mass is 32.2. The molecule has 0 atom stereocenters. The monoisotopic (exact) mass is 263 g/mol. The minimum atomic E-state index is -3.25. The molecule has 0 aromatic carbocycles. The molecule has 4 N–H and O–H groups in total. The molecule has 1 aliphatic carbocycles. The Balaban J connectivity index is 2.08. The van der Waals surface area contributed by atoms with E-state index in [2.05, 4.69) is 10.0 Å². The number of hydrogen-bond donors (Lipinski definition) is 3. The number of nitrogens with one attached hydrogen (secondary N) is 2. The summed E-state index contributed by atoms with van der Waals surface area (Å²) in [6.45, 7) is 0.669. The maximum Gasteiger partial charge on any atom is 0.221 e. The van der Waals surface area contributed by atoms with E-state index < -0.39 is 10.0 Å². The Morgan fingerprint density at radius 1 is 1.29 bits per heavy atom. The predicted octanol–water partition coefficient (Wildman–Crippen LogP) is -0.687.